The number of aromatic nitrogens is 1. The third-order valence-corrected chi connectivity index (χ3v) is 4.68. The van der Waals surface area contributed by atoms with Gasteiger partial charge >= 0.3 is 5.97 Å². The van der Waals surface area contributed by atoms with Crippen LogP contribution in [-0.4, -0.2) is 42.1 Å². The topological polar surface area (TPSA) is 88.4 Å². The van der Waals surface area contributed by atoms with Crippen molar-refractivity contribution in [3.8, 4) is 0 Å². The molecule has 0 radical (unpaired) electrons. The van der Waals surface area contributed by atoms with Crippen LogP contribution in [0.25, 0.3) is 0 Å². The van der Waals surface area contributed by atoms with Crippen molar-refractivity contribution in [2.75, 3.05) is 18.1 Å². The van der Waals surface area contributed by atoms with Gasteiger partial charge in [0.2, 0.25) is 10.0 Å². The molecule has 0 fully saturated rings. The highest BCUT2D eigenvalue weighted by atomic mass is 32.2. The van der Waals surface area contributed by atoms with Gasteiger partial charge in [0, 0.05) is 31.3 Å². The molecule has 0 bridgehead atoms. The Morgan fingerprint density at radius 2 is 2.32 bits per heavy atom. The zero-order valence-corrected chi connectivity index (χ0v) is 12.1. The van der Waals surface area contributed by atoms with Crippen molar-refractivity contribution in [3.05, 3.63) is 30.6 Å². The third kappa shape index (κ3) is 4.41. The number of sulfonamides is 1. The monoisotopic (exact) mass is 304 g/mol. The second-order valence-corrected chi connectivity index (χ2v) is 6.66. The Hall–Kier alpha value is -1.25. The Labute approximate surface area is 116 Å². The van der Waals surface area contributed by atoms with Crippen LogP contribution in [0.15, 0.2) is 29.8 Å². The molecular formula is C11H16N2O4S2. The molecule has 1 rings (SSSR count). The number of nitrogens with zero attached hydrogens (tertiary/aromatic N) is 1. The van der Waals surface area contributed by atoms with Crippen LogP contribution in [0.2, 0.25) is 0 Å². The highest BCUT2D eigenvalue weighted by Gasteiger charge is 2.19. The van der Waals surface area contributed by atoms with Crippen molar-refractivity contribution in [3.63, 3.8) is 0 Å². The molecule has 19 heavy (non-hydrogen) atoms. The van der Waals surface area contributed by atoms with Crippen LogP contribution < -0.4 is 4.72 Å². The van der Waals surface area contributed by atoms with E-state index in [-0.39, 0.29) is 17.1 Å². The van der Waals surface area contributed by atoms with Crippen molar-refractivity contribution < 1.29 is 18.3 Å². The molecule has 0 aromatic carbocycles. The predicted octanol–water partition coefficient (Wildman–Crippen LogP) is 0.921. The average Bonchev–Trinajstić information content (AvgIpc) is 2.72. The predicted molar refractivity (Wildman–Crippen MR) is 75.1 cm³/mol. The number of aryl methyl sites for hydroxylation is 1. The van der Waals surface area contributed by atoms with Crippen LogP contribution in [0.1, 0.15) is 10.5 Å². The Bertz CT molecular complexity index is 563. The van der Waals surface area contributed by atoms with Gasteiger partial charge in [-0.2, -0.15) is 11.8 Å². The molecular weight excluding hydrogens is 288 g/mol. The largest absolute Gasteiger partial charge is 0.477 e. The standard InChI is InChI=1S/C11H16N2O4S2/c1-3-5-18-6-4-12-19(16,17)9-7-10(11(14)15)13(2)8-9/h3,7-8,12H,1,4-6H2,2H3,(H,14,15). The minimum Gasteiger partial charge on any atom is -0.477 e. The van der Waals surface area contributed by atoms with Gasteiger partial charge in [-0.3, -0.25) is 0 Å². The Morgan fingerprint density at radius 1 is 1.63 bits per heavy atom. The lowest BCUT2D eigenvalue weighted by molar-refractivity contribution is 0.0686. The molecule has 0 aliphatic carbocycles. The Morgan fingerprint density at radius 3 is 2.84 bits per heavy atom. The number of thioether (sulfide) groups is 1. The zero-order chi connectivity index (χ0) is 14.5. The van der Waals surface area contributed by atoms with E-state index >= 15 is 0 Å². The fraction of sp³-hybridized carbons (Fsp3) is 0.364. The minimum atomic E-state index is -3.66. The molecule has 0 aliphatic heterocycles. The van der Waals surface area contributed by atoms with Crippen molar-refractivity contribution in [1.82, 2.24) is 9.29 Å². The van der Waals surface area contributed by atoms with Gasteiger partial charge in [0.05, 0.1) is 0 Å². The molecule has 8 heteroatoms. The van der Waals surface area contributed by atoms with E-state index in [1.165, 1.54) is 17.8 Å². The normalized spacial score (nSPS) is 11.4. The molecule has 6 nitrogen and oxygen atoms in total. The van der Waals surface area contributed by atoms with Crippen molar-refractivity contribution >= 4 is 27.8 Å². The molecule has 0 atom stereocenters. The number of carbonyl (C=O) groups is 1. The molecule has 1 heterocycles. The molecule has 106 valence electrons. The maximum Gasteiger partial charge on any atom is 0.352 e. The van der Waals surface area contributed by atoms with Crippen LogP contribution in [0, 0.1) is 0 Å². The summed E-state index contributed by atoms with van der Waals surface area (Å²) in [7, 11) is -2.17. The highest BCUT2D eigenvalue weighted by molar-refractivity contribution is 7.99. The molecule has 0 saturated heterocycles. The first-order chi connectivity index (χ1) is 8.88. The van der Waals surface area contributed by atoms with Crippen LogP contribution in [0.5, 0.6) is 0 Å². The van der Waals surface area contributed by atoms with Gasteiger partial charge in [0.25, 0.3) is 0 Å². The second-order valence-electron chi connectivity index (χ2n) is 3.74. The molecule has 2 N–H and O–H groups in total. The zero-order valence-electron chi connectivity index (χ0n) is 10.5. The Balaban J connectivity index is 2.69. The fourth-order valence-corrected chi connectivity index (χ4v) is 3.20. The second kappa shape index (κ2) is 6.78. The summed E-state index contributed by atoms with van der Waals surface area (Å²) >= 11 is 1.56. The van der Waals surface area contributed by atoms with Crippen LogP contribution in [-0.2, 0) is 17.1 Å². The van der Waals surface area contributed by atoms with E-state index in [9.17, 15) is 13.2 Å². The third-order valence-electron chi connectivity index (χ3n) is 2.28. The molecule has 1 aromatic heterocycles. The summed E-state index contributed by atoms with van der Waals surface area (Å²) in [5, 5.41) is 8.87. The first-order valence-electron chi connectivity index (χ1n) is 5.46. The fourth-order valence-electron chi connectivity index (χ4n) is 1.39. The van der Waals surface area contributed by atoms with E-state index in [2.05, 4.69) is 11.3 Å². The summed E-state index contributed by atoms with van der Waals surface area (Å²) in [6, 6.07) is 1.14. The lowest BCUT2D eigenvalue weighted by Crippen LogP contribution is -2.25. The van der Waals surface area contributed by atoms with Gasteiger partial charge in [-0.05, 0) is 6.07 Å². The van der Waals surface area contributed by atoms with Crippen LogP contribution >= 0.6 is 11.8 Å². The van der Waals surface area contributed by atoms with Gasteiger partial charge in [0.1, 0.15) is 10.6 Å². The first-order valence-corrected chi connectivity index (χ1v) is 8.10. The van der Waals surface area contributed by atoms with E-state index in [0.717, 1.165) is 11.8 Å². The summed E-state index contributed by atoms with van der Waals surface area (Å²) in [4.78, 5) is 10.8. The van der Waals surface area contributed by atoms with E-state index in [1.807, 2.05) is 0 Å². The van der Waals surface area contributed by atoms with Crippen molar-refractivity contribution in [2.45, 2.75) is 4.90 Å². The number of hydrogen-bond donors (Lipinski definition) is 2. The summed E-state index contributed by atoms with van der Waals surface area (Å²) < 4.78 is 27.5. The summed E-state index contributed by atoms with van der Waals surface area (Å²) in [6.07, 6.45) is 3.03. The van der Waals surface area contributed by atoms with Crippen molar-refractivity contribution in [2.24, 2.45) is 7.05 Å². The smallest absolute Gasteiger partial charge is 0.352 e. The summed E-state index contributed by atoms with van der Waals surface area (Å²) in [6.45, 7) is 3.86. The molecule has 0 unspecified atom stereocenters. The molecule has 1 aromatic rings. The summed E-state index contributed by atoms with van der Waals surface area (Å²) in [5.41, 5.74) is -0.0681. The first kappa shape index (κ1) is 15.8. The number of hydrogen-bond acceptors (Lipinski definition) is 4. The van der Waals surface area contributed by atoms with Crippen LogP contribution in [0.3, 0.4) is 0 Å². The maximum absolute atomic E-state index is 11.9. The van der Waals surface area contributed by atoms with Gasteiger partial charge in [-0.15, -0.1) is 6.58 Å². The SMILES string of the molecule is C=CCSCCNS(=O)(=O)c1cc(C(=O)O)n(C)c1. The van der Waals surface area contributed by atoms with Gasteiger partial charge in [0.15, 0.2) is 0 Å². The lowest BCUT2D eigenvalue weighted by Gasteiger charge is -2.03. The number of carboxylic acids is 1. The average molecular weight is 304 g/mol. The number of rotatable bonds is 8. The number of carboxylic acid groups (broad SMARTS) is 1. The maximum atomic E-state index is 11.9. The number of aromatic carboxylic acids is 1. The van der Waals surface area contributed by atoms with Crippen LogP contribution in [0.4, 0.5) is 0 Å². The van der Waals surface area contributed by atoms with Gasteiger partial charge in [-0.25, -0.2) is 17.9 Å². The van der Waals surface area contributed by atoms with Gasteiger partial charge in [-0.1, -0.05) is 6.08 Å². The number of nitrogens with one attached hydrogen (secondary N) is 1. The molecule has 0 amide bonds. The lowest BCUT2D eigenvalue weighted by atomic mass is 10.4. The minimum absolute atomic E-state index is 0.0406. The highest BCUT2D eigenvalue weighted by Crippen LogP contribution is 2.13. The van der Waals surface area contributed by atoms with E-state index in [1.54, 1.807) is 17.8 Å². The van der Waals surface area contributed by atoms with E-state index in [4.69, 9.17) is 5.11 Å². The van der Waals surface area contributed by atoms with Gasteiger partial charge < -0.3 is 9.67 Å². The van der Waals surface area contributed by atoms with E-state index < -0.39 is 16.0 Å². The quantitative estimate of drug-likeness (QED) is 0.551. The molecule has 0 spiro atoms. The van der Waals surface area contributed by atoms with E-state index in [0.29, 0.717) is 5.75 Å². The Kier molecular flexibility index (Phi) is 5.64. The molecule has 0 aliphatic rings. The van der Waals surface area contributed by atoms with Crippen molar-refractivity contribution in [1.29, 1.82) is 0 Å². The molecule has 0 saturated carbocycles. The summed E-state index contributed by atoms with van der Waals surface area (Å²) in [5.74, 6) is 0.227.